The van der Waals surface area contributed by atoms with Crippen LogP contribution in [0.2, 0.25) is 5.22 Å². The lowest BCUT2D eigenvalue weighted by Gasteiger charge is -2.04. The number of carbonyl (C=O) groups excluding carboxylic acids is 1. The van der Waals surface area contributed by atoms with Crippen LogP contribution < -0.4 is 0 Å². The lowest BCUT2D eigenvalue weighted by Crippen LogP contribution is -2.07. The Morgan fingerprint density at radius 2 is 2.38 bits per heavy atom. The van der Waals surface area contributed by atoms with Crippen LogP contribution in [0.3, 0.4) is 0 Å². The van der Waals surface area contributed by atoms with Crippen LogP contribution in [0.15, 0.2) is 16.5 Å². The molecule has 1 aliphatic rings. The molecule has 1 fully saturated rings. The molecular formula is C10H11ClO2. The van der Waals surface area contributed by atoms with Crippen molar-refractivity contribution in [1.82, 2.24) is 0 Å². The summed E-state index contributed by atoms with van der Waals surface area (Å²) in [4.78, 5) is 10.7. The van der Waals surface area contributed by atoms with Gasteiger partial charge in [0.1, 0.15) is 12.0 Å². The first-order valence-corrected chi connectivity index (χ1v) is 4.87. The van der Waals surface area contributed by atoms with Crippen LogP contribution in [0.4, 0.5) is 0 Å². The average Bonchev–Trinajstić information content (AvgIpc) is 2.87. The Morgan fingerprint density at radius 1 is 1.62 bits per heavy atom. The highest BCUT2D eigenvalue weighted by Crippen LogP contribution is 2.37. The summed E-state index contributed by atoms with van der Waals surface area (Å²) in [5.74, 6) is 1.53. The quantitative estimate of drug-likeness (QED) is 0.697. The second-order valence-corrected chi connectivity index (χ2v) is 3.92. The fraction of sp³-hybridized carbons (Fsp3) is 0.500. The minimum atomic E-state index is 0.127. The zero-order valence-electron chi connectivity index (χ0n) is 7.20. The van der Waals surface area contributed by atoms with Gasteiger partial charge in [0.2, 0.25) is 0 Å². The fourth-order valence-electron chi connectivity index (χ4n) is 1.54. The molecule has 1 aliphatic carbocycles. The largest absolute Gasteiger partial charge is 0.450 e. The molecule has 0 N–H and O–H groups in total. The van der Waals surface area contributed by atoms with E-state index in [1.54, 1.807) is 6.07 Å². The molecule has 1 aromatic heterocycles. The molecule has 13 heavy (non-hydrogen) atoms. The molecule has 1 saturated carbocycles. The fourth-order valence-corrected chi connectivity index (χ4v) is 1.71. The lowest BCUT2D eigenvalue weighted by atomic mass is 10.0. The van der Waals surface area contributed by atoms with E-state index < -0.39 is 0 Å². The van der Waals surface area contributed by atoms with Gasteiger partial charge in [0.15, 0.2) is 5.22 Å². The minimum Gasteiger partial charge on any atom is -0.450 e. The Labute approximate surface area is 81.9 Å². The summed E-state index contributed by atoms with van der Waals surface area (Å²) in [7, 11) is 0. The molecule has 0 spiro atoms. The first-order valence-electron chi connectivity index (χ1n) is 4.49. The maximum Gasteiger partial charge on any atom is 0.193 e. The van der Waals surface area contributed by atoms with Crippen LogP contribution in [-0.2, 0) is 11.2 Å². The van der Waals surface area contributed by atoms with Crippen LogP contribution in [0.1, 0.15) is 18.6 Å². The van der Waals surface area contributed by atoms with Crippen molar-refractivity contribution in [1.29, 1.82) is 0 Å². The van der Waals surface area contributed by atoms with Crippen molar-refractivity contribution in [2.45, 2.75) is 19.3 Å². The Hall–Kier alpha value is -0.760. The van der Waals surface area contributed by atoms with Gasteiger partial charge in [0.25, 0.3) is 0 Å². The van der Waals surface area contributed by atoms with Crippen molar-refractivity contribution in [2.24, 2.45) is 11.8 Å². The highest BCUT2D eigenvalue weighted by molar-refractivity contribution is 6.28. The molecule has 1 heterocycles. The Morgan fingerprint density at radius 3 is 2.85 bits per heavy atom. The summed E-state index contributed by atoms with van der Waals surface area (Å²) in [6, 6.07) is 3.55. The average molecular weight is 199 g/mol. The summed E-state index contributed by atoms with van der Waals surface area (Å²) in [5.41, 5.74) is 0. The Kier molecular flexibility index (Phi) is 2.40. The first kappa shape index (κ1) is 8.82. The normalized spacial score (nSPS) is 18.5. The van der Waals surface area contributed by atoms with Crippen molar-refractivity contribution in [3.05, 3.63) is 23.1 Å². The van der Waals surface area contributed by atoms with Crippen molar-refractivity contribution in [3.63, 3.8) is 0 Å². The number of halogens is 1. The van der Waals surface area contributed by atoms with Crippen LogP contribution in [0.5, 0.6) is 0 Å². The molecule has 3 heteroatoms. The summed E-state index contributed by atoms with van der Waals surface area (Å²) < 4.78 is 5.20. The lowest BCUT2D eigenvalue weighted by molar-refractivity contribution is -0.111. The van der Waals surface area contributed by atoms with Gasteiger partial charge in [-0.05, 0) is 42.5 Å². The van der Waals surface area contributed by atoms with Gasteiger partial charge in [-0.25, -0.2) is 0 Å². The smallest absolute Gasteiger partial charge is 0.193 e. The molecule has 0 amide bonds. The Bertz CT molecular complexity index is 302. The number of aldehydes is 1. The van der Waals surface area contributed by atoms with Gasteiger partial charge in [-0.15, -0.1) is 0 Å². The number of carbonyl (C=O) groups is 1. The molecule has 1 aromatic rings. The predicted molar refractivity (Wildman–Crippen MR) is 49.7 cm³/mol. The molecule has 0 radical (unpaired) electrons. The summed E-state index contributed by atoms with van der Waals surface area (Å²) in [6.07, 6.45) is 4.09. The molecule has 2 nitrogen and oxygen atoms in total. The van der Waals surface area contributed by atoms with Gasteiger partial charge < -0.3 is 9.21 Å². The third kappa shape index (κ3) is 2.13. The third-order valence-corrected chi connectivity index (χ3v) is 2.67. The third-order valence-electron chi connectivity index (χ3n) is 2.47. The second kappa shape index (κ2) is 3.54. The van der Waals surface area contributed by atoms with Gasteiger partial charge in [0.05, 0.1) is 0 Å². The van der Waals surface area contributed by atoms with E-state index in [-0.39, 0.29) is 5.92 Å². The number of rotatable bonds is 4. The molecule has 0 aliphatic heterocycles. The molecule has 0 saturated heterocycles. The SMILES string of the molecule is O=CC(Cc1ccc(Cl)o1)C1CC1. The standard InChI is InChI=1S/C10H11ClO2/c11-10-4-3-9(13-10)5-8(6-12)7-1-2-7/h3-4,6-8H,1-2,5H2. The van der Waals surface area contributed by atoms with E-state index in [0.29, 0.717) is 17.6 Å². The topological polar surface area (TPSA) is 30.2 Å². The van der Waals surface area contributed by atoms with E-state index in [0.717, 1.165) is 12.0 Å². The zero-order chi connectivity index (χ0) is 9.26. The van der Waals surface area contributed by atoms with E-state index in [9.17, 15) is 4.79 Å². The summed E-state index contributed by atoms with van der Waals surface area (Å²) in [5, 5.41) is 0.399. The number of hydrogen-bond acceptors (Lipinski definition) is 2. The predicted octanol–water partition coefficient (Wildman–Crippen LogP) is 2.70. The van der Waals surface area contributed by atoms with Crippen molar-refractivity contribution in [2.75, 3.05) is 0 Å². The molecule has 0 aromatic carbocycles. The van der Waals surface area contributed by atoms with E-state index >= 15 is 0 Å². The monoisotopic (exact) mass is 198 g/mol. The number of furan rings is 1. The van der Waals surface area contributed by atoms with Crippen LogP contribution in [0.25, 0.3) is 0 Å². The molecule has 1 unspecified atom stereocenters. The number of hydrogen-bond donors (Lipinski definition) is 0. The molecule has 0 bridgehead atoms. The minimum absolute atomic E-state index is 0.127. The van der Waals surface area contributed by atoms with E-state index in [1.807, 2.05) is 6.07 Å². The van der Waals surface area contributed by atoms with Gasteiger partial charge in [-0.1, -0.05) is 0 Å². The van der Waals surface area contributed by atoms with Gasteiger partial charge in [0, 0.05) is 12.3 Å². The van der Waals surface area contributed by atoms with Crippen molar-refractivity contribution < 1.29 is 9.21 Å². The molecule has 2 rings (SSSR count). The summed E-state index contributed by atoms with van der Waals surface area (Å²) >= 11 is 5.63. The molecular weight excluding hydrogens is 188 g/mol. The van der Waals surface area contributed by atoms with Crippen LogP contribution in [0, 0.1) is 11.8 Å². The maximum atomic E-state index is 10.7. The van der Waals surface area contributed by atoms with Gasteiger partial charge in [-0.3, -0.25) is 0 Å². The zero-order valence-corrected chi connectivity index (χ0v) is 7.96. The molecule has 1 atom stereocenters. The van der Waals surface area contributed by atoms with Crippen LogP contribution in [-0.4, -0.2) is 6.29 Å². The molecule has 70 valence electrons. The first-order chi connectivity index (χ1) is 6.29. The summed E-state index contributed by atoms with van der Waals surface area (Å²) in [6.45, 7) is 0. The highest BCUT2D eigenvalue weighted by Gasteiger charge is 2.31. The highest BCUT2D eigenvalue weighted by atomic mass is 35.5. The van der Waals surface area contributed by atoms with E-state index in [1.165, 1.54) is 12.8 Å². The van der Waals surface area contributed by atoms with E-state index in [4.69, 9.17) is 16.0 Å². The van der Waals surface area contributed by atoms with Gasteiger partial charge >= 0.3 is 0 Å². The Balaban J connectivity index is 1.98. The second-order valence-electron chi connectivity index (χ2n) is 3.55. The van der Waals surface area contributed by atoms with Gasteiger partial charge in [-0.2, -0.15) is 0 Å². The van der Waals surface area contributed by atoms with Crippen LogP contribution >= 0.6 is 11.6 Å². The van der Waals surface area contributed by atoms with Crippen molar-refractivity contribution >= 4 is 17.9 Å². The maximum absolute atomic E-state index is 10.7. The van der Waals surface area contributed by atoms with E-state index in [2.05, 4.69) is 0 Å². The van der Waals surface area contributed by atoms with Crippen molar-refractivity contribution in [3.8, 4) is 0 Å².